The number of hydrogen-bond acceptors (Lipinski definition) is 4. The van der Waals surface area contributed by atoms with Crippen LogP contribution in [0.25, 0.3) is 11.5 Å². The van der Waals surface area contributed by atoms with Gasteiger partial charge in [-0.05, 0) is 60.8 Å². The van der Waals surface area contributed by atoms with E-state index in [9.17, 15) is 0 Å². The van der Waals surface area contributed by atoms with Gasteiger partial charge in [0, 0.05) is 10.5 Å². The van der Waals surface area contributed by atoms with Gasteiger partial charge in [0.05, 0.1) is 12.1 Å². The van der Waals surface area contributed by atoms with Crippen LogP contribution in [0.2, 0.25) is 0 Å². The highest BCUT2D eigenvalue weighted by molar-refractivity contribution is 9.10. The predicted octanol–water partition coefficient (Wildman–Crippen LogP) is 3.73. The summed E-state index contributed by atoms with van der Waals surface area (Å²) in [4.78, 5) is 2.29. The summed E-state index contributed by atoms with van der Waals surface area (Å²) in [5, 5.41) is 8.30. The van der Waals surface area contributed by atoms with Gasteiger partial charge in [0.15, 0.2) is 0 Å². The van der Waals surface area contributed by atoms with Crippen molar-refractivity contribution >= 4 is 15.9 Å². The number of benzene rings is 1. The highest BCUT2D eigenvalue weighted by Gasteiger charge is 2.31. The molecular weight excluding hydrogens is 318 g/mol. The van der Waals surface area contributed by atoms with Crippen LogP contribution < -0.4 is 0 Å². The molecular formula is C15H18BrN3O. The molecule has 1 aromatic carbocycles. The molecule has 5 heteroatoms. The smallest absolute Gasteiger partial charge is 0.248 e. The first-order chi connectivity index (χ1) is 9.65. The summed E-state index contributed by atoms with van der Waals surface area (Å²) in [6.45, 7) is 2.97. The zero-order valence-corrected chi connectivity index (χ0v) is 13.3. The third-order valence-corrected chi connectivity index (χ3v) is 4.65. The molecule has 0 bridgehead atoms. The van der Waals surface area contributed by atoms with Crippen LogP contribution in [0.4, 0.5) is 0 Å². The van der Waals surface area contributed by atoms with E-state index in [0.717, 1.165) is 16.0 Å². The molecule has 0 radical (unpaired) electrons. The van der Waals surface area contributed by atoms with Gasteiger partial charge in [-0.15, -0.1) is 10.2 Å². The zero-order valence-electron chi connectivity index (χ0n) is 11.7. The van der Waals surface area contributed by atoms with Crippen molar-refractivity contribution in [3.63, 3.8) is 0 Å². The molecule has 1 fully saturated rings. The fraction of sp³-hybridized carbons (Fsp3) is 0.467. The second kappa shape index (κ2) is 5.66. The van der Waals surface area contributed by atoms with Crippen LogP contribution in [0.15, 0.2) is 33.2 Å². The van der Waals surface area contributed by atoms with Crippen LogP contribution in [-0.2, 0) is 6.54 Å². The van der Waals surface area contributed by atoms with Gasteiger partial charge in [-0.3, -0.25) is 4.90 Å². The van der Waals surface area contributed by atoms with Crippen molar-refractivity contribution in [2.75, 3.05) is 7.05 Å². The van der Waals surface area contributed by atoms with E-state index in [1.807, 2.05) is 24.3 Å². The summed E-state index contributed by atoms with van der Waals surface area (Å²) in [5.41, 5.74) is 0.934. The Bertz CT molecular complexity index is 594. The van der Waals surface area contributed by atoms with Gasteiger partial charge in [-0.1, -0.05) is 12.1 Å². The van der Waals surface area contributed by atoms with Crippen molar-refractivity contribution < 1.29 is 4.42 Å². The normalized spacial score (nSPS) is 16.6. The SMILES string of the molecule is C[C@H](C1CC1)N(C)Cc1nnc(-c2ccccc2Br)o1. The van der Waals surface area contributed by atoms with Crippen molar-refractivity contribution in [2.45, 2.75) is 32.4 Å². The Hall–Kier alpha value is -1.20. The van der Waals surface area contributed by atoms with Crippen molar-refractivity contribution in [1.29, 1.82) is 0 Å². The molecule has 0 amide bonds. The van der Waals surface area contributed by atoms with E-state index in [-0.39, 0.29) is 0 Å². The van der Waals surface area contributed by atoms with Gasteiger partial charge in [0.25, 0.3) is 0 Å². The Morgan fingerprint density at radius 1 is 1.35 bits per heavy atom. The first-order valence-electron chi connectivity index (χ1n) is 6.92. The summed E-state index contributed by atoms with van der Waals surface area (Å²) in [6.07, 6.45) is 2.69. The maximum absolute atomic E-state index is 5.78. The van der Waals surface area contributed by atoms with Gasteiger partial charge in [0.2, 0.25) is 11.8 Å². The standard InChI is InChI=1S/C15H18BrN3O/c1-10(11-7-8-11)19(2)9-14-17-18-15(20-14)12-5-3-4-6-13(12)16/h3-6,10-11H,7-9H2,1-2H3/t10-/m1/s1. The zero-order chi connectivity index (χ0) is 14.1. The molecule has 3 rings (SSSR count). The number of nitrogens with zero attached hydrogens (tertiary/aromatic N) is 3. The number of halogens is 1. The molecule has 0 aliphatic heterocycles. The van der Waals surface area contributed by atoms with Gasteiger partial charge < -0.3 is 4.42 Å². The van der Waals surface area contributed by atoms with E-state index < -0.39 is 0 Å². The average molecular weight is 336 g/mol. The predicted molar refractivity (Wildman–Crippen MR) is 81.1 cm³/mol. The second-order valence-electron chi connectivity index (χ2n) is 5.47. The molecule has 2 aromatic rings. The van der Waals surface area contributed by atoms with Gasteiger partial charge in [-0.25, -0.2) is 0 Å². The molecule has 1 heterocycles. The molecule has 1 aliphatic rings. The molecule has 1 aliphatic carbocycles. The van der Waals surface area contributed by atoms with Gasteiger partial charge in [-0.2, -0.15) is 0 Å². The fourth-order valence-corrected chi connectivity index (χ4v) is 2.81. The lowest BCUT2D eigenvalue weighted by Gasteiger charge is -2.22. The second-order valence-corrected chi connectivity index (χ2v) is 6.33. The van der Waals surface area contributed by atoms with Gasteiger partial charge in [0.1, 0.15) is 0 Å². The van der Waals surface area contributed by atoms with Crippen molar-refractivity contribution in [1.82, 2.24) is 15.1 Å². The largest absolute Gasteiger partial charge is 0.419 e. The summed E-state index contributed by atoms with van der Waals surface area (Å²) in [7, 11) is 2.12. The summed E-state index contributed by atoms with van der Waals surface area (Å²) < 4.78 is 6.75. The maximum atomic E-state index is 5.78. The molecule has 1 saturated carbocycles. The first kappa shape index (κ1) is 13.8. The van der Waals surface area contributed by atoms with Crippen LogP contribution in [0.5, 0.6) is 0 Å². The quantitative estimate of drug-likeness (QED) is 0.834. The van der Waals surface area contributed by atoms with Crippen molar-refractivity contribution in [2.24, 2.45) is 5.92 Å². The number of hydrogen-bond donors (Lipinski definition) is 0. The molecule has 0 N–H and O–H groups in total. The lowest BCUT2D eigenvalue weighted by atomic mass is 10.2. The third-order valence-electron chi connectivity index (χ3n) is 3.96. The molecule has 0 saturated heterocycles. The number of rotatable bonds is 5. The average Bonchev–Trinajstić information content (AvgIpc) is 3.19. The minimum Gasteiger partial charge on any atom is -0.419 e. The lowest BCUT2D eigenvalue weighted by Crippen LogP contribution is -2.30. The van der Waals surface area contributed by atoms with Crippen LogP contribution >= 0.6 is 15.9 Å². The van der Waals surface area contributed by atoms with Crippen LogP contribution in [0.1, 0.15) is 25.7 Å². The highest BCUT2D eigenvalue weighted by Crippen LogP contribution is 2.35. The minimum absolute atomic E-state index is 0.569. The van der Waals surface area contributed by atoms with Crippen LogP contribution in [0, 0.1) is 5.92 Å². The van der Waals surface area contributed by atoms with E-state index in [2.05, 4.69) is 45.0 Å². The monoisotopic (exact) mass is 335 g/mol. The Kier molecular flexibility index (Phi) is 3.89. The van der Waals surface area contributed by atoms with Crippen molar-refractivity contribution in [3.8, 4) is 11.5 Å². The molecule has 0 spiro atoms. The van der Waals surface area contributed by atoms with E-state index >= 15 is 0 Å². The topological polar surface area (TPSA) is 42.2 Å². The molecule has 0 unspecified atom stereocenters. The fourth-order valence-electron chi connectivity index (χ4n) is 2.36. The Morgan fingerprint density at radius 3 is 2.80 bits per heavy atom. The molecule has 20 heavy (non-hydrogen) atoms. The number of aromatic nitrogens is 2. The van der Waals surface area contributed by atoms with E-state index in [1.54, 1.807) is 0 Å². The van der Waals surface area contributed by atoms with E-state index in [0.29, 0.717) is 24.4 Å². The summed E-state index contributed by atoms with van der Waals surface area (Å²) in [6, 6.07) is 8.45. The van der Waals surface area contributed by atoms with E-state index in [4.69, 9.17) is 4.42 Å². The van der Waals surface area contributed by atoms with E-state index in [1.165, 1.54) is 12.8 Å². The van der Waals surface area contributed by atoms with Crippen LogP contribution in [0.3, 0.4) is 0 Å². The molecule has 1 aromatic heterocycles. The Labute approximate surface area is 127 Å². The van der Waals surface area contributed by atoms with Crippen molar-refractivity contribution in [3.05, 3.63) is 34.6 Å². The minimum atomic E-state index is 0.569. The third kappa shape index (κ3) is 2.94. The lowest BCUT2D eigenvalue weighted by molar-refractivity contribution is 0.206. The summed E-state index contributed by atoms with van der Waals surface area (Å²) in [5.74, 6) is 2.08. The first-order valence-corrected chi connectivity index (χ1v) is 7.72. The summed E-state index contributed by atoms with van der Waals surface area (Å²) >= 11 is 3.51. The molecule has 1 atom stereocenters. The maximum Gasteiger partial charge on any atom is 0.248 e. The molecule has 106 valence electrons. The Morgan fingerprint density at radius 2 is 2.10 bits per heavy atom. The molecule has 4 nitrogen and oxygen atoms in total. The van der Waals surface area contributed by atoms with Gasteiger partial charge >= 0.3 is 0 Å². The highest BCUT2D eigenvalue weighted by atomic mass is 79.9. The Balaban J connectivity index is 1.72. The van der Waals surface area contributed by atoms with Crippen LogP contribution in [-0.4, -0.2) is 28.2 Å².